The first kappa shape index (κ1) is 15.8. The number of aryl methyl sites for hydroxylation is 1. The number of hydrogen-bond donors (Lipinski definition) is 2. The van der Waals surface area contributed by atoms with Gasteiger partial charge >= 0.3 is 0 Å². The number of amides is 1. The maximum atomic E-state index is 12.4. The summed E-state index contributed by atoms with van der Waals surface area (Å²) in [5.41, 5.74) is 2.34. The number of rotatable bonds is 2. The van der Waals surface area contributed by atoms with Crippen LogP contribution in [0.15, 0.2) is 22.7 Å². The molecule has 0 radical (unpaired) electrons. The molecule has 2 N–H and O–H groups in total. The molecule has 1 spiro atoms. The highest BCUT2D eigenvalue weighted by Crippen LogP contribution is 2.58. The maximum absolute atomic E-state index is 12.4. The Balaban J connectivity index is 0.00000147. The van der Waals surface area contributed by atoms with E-state index in [2.05, 4.69) is 26.6 Å². The van der Waals surface area contributed by atoms with Crippen molar-refractivity contribution in [3.8, 4) is 0 Å². The van der Waals surface area contributed by atoms with Crippen LogP contribution < -0.4 is 10.6 Å². The summed E-state index contributed by atoms with van der Waals surface area (Å²) in [5, 5.41) is 6.46. The highest BCUT2D eigenvalue weighted by molar-refractivity contribution is 9.10. The van der Waals surface area contributed by atoms with Crippen molar-refractivity contribution in [3.05, 3.63) is 28.2 Å². The Hall–Kier alpha value is -0.580. The van der Waals surface area contributed by atoms with Crippen LogP contribution in [-0.2, 0) is 4.79 Å². The molecule has 110 valence electrons. The topological polar surface area (TPSA) is 41.1 Å². The zero-order chi connectivity index (χ0) is 13.5. The van der Waals surface area contributed by atoms with Gasteiger partial charge in [0.05, 0.1) is 0 Å². The Labute approximate surface area is 134 Å². The van der Waals surface area contributed by atoms with E-state index in [9.17, 15) is 4.79 Å². The average molecular weight is 360 g/mol. The first-order valence-corrected chi connectivity index (χ1v) is 7.68. The molecule has 3 rings (SSSR count). The van der Waals surface area contributed by atoms with Crippen molar-refractivity contribution in [2.45, 2.75) is 26.2 Å². The lowest BCUT2D eigenvalue weighted by Crippen LogP contribution is -2.31. The predicted octanol–water partition coefficient (Wildman–Crippen LogP) is 3.51. The lowest BCUT2D eigenvalue weighted by Gasteiger charge is -2.23. The average Bonchev–Trinajstić information content (AvgIpc) is 3.08. The normalized spacial score (nSPS) is 23.0. The molecule has 1 heterocycles. The zero-order valence-electron chi connectivity index (χ0n) is 11.5. The van der Waals surface area contributed by atoms with Gasteiger partial charge in [-0.1, -0.05) is 22.0 Å². The van der Waals surface area contributed by atoms with E-state index in [0.717, 1.165) is 48.1 Å². The maximum Gasteiger partial charge on any atom is 0.228 e. The molecule has 5 heteroatoms. The summed E-state index contributed by atoms with van der Waals surface area (Å²) in [4.78, 5) is 12.4. The Morgan fingerprint density at radius 3 is 2.80 bits per heavy atom. The molecule has 1 atom stereocenters. The summed E-state index contributed by atoms with van der Waals surface area (Å²) < 4.78 is 1.00. The fraction of sp³-hybridized carbons (Fsp3) is 0.533. The minimum atomic E-state index is 0. The Morgan fingerprint density at radius 1 is 1.40 bits per heavy atom. The van der Waals surface area contributed by atoms with Gasteiger partial charge in [-0.15, -0.1) is 12.4 Å². The molecule has 1 saturated carbocycles. The van der Waals surface area contributed by atoms with E-state index in [1.165, 1.54) is 0 Å². The third-order valence-electron chi connectivity index (χ3n) is 4.56. The summed E-state index contributed by atoms with van der Waals surface area (Å²) in [6.07, 6.45) is 3.35. The zero-order valence-corrected chi connectivity index (χ0v) is 13.9. The molecule has 3 nitrogen and oxygen atoms in total. The van der Waals surface area contributed by atoms with Crippen LogP contribution >= 0.6 is 28.3 Å². The molecule has 1 unspecified atom stereocenters. The molecule has 1 aliphatic heterocycles. The fourth-order valence-electron chi connectivity index (χ4n) is 3.14. The van der Waals surface area contributed by atoms with Crippen molar-refractivity contribution in [1.29, 1.82) is 0 Å². The Kier molecular flexibility index (Phi) is 4.77. The second-order valence-electron chi connectivity index (χ2n) is 5.82. The van der Waals surface area contributed by atoms with Gasteiger partial charge in [0.15, 0.2) is 0 Å². The Bertz CT molecular complexity index is 515. The number of carbonyl (C=O) groups excluding carboxylic acids is 1. The quantitative estimate of drug-likeness (QED) is 0.848. The van der Waals surface area contributed by atoms with E-state index in [-0.39, 0.29) is 24.2 Å². The van der Waals surface area contributed by atoms with Crippen LogP contribution in [-0.4, -0.2) is 19.0 Å². The van der Waals surface area contributed by atoms with Crippen LogP contribution in [0.5, 0.6) is 0 Å². The van der Waals surface area contributed by atoms with E-state index >= 15 is 0 Å². The van der Waals surface area contributed by atoms with Crippen LogP contribution in [0.4, 0.5) is 5.69 Å². The van der Waals surface area contributed by atoms with Gasteiger partial charge in [-0.25, -0.2) is 0 Å². The van der Waals surface area contributed by atoms with Gasteiger partial charge in [-0.3, -0.25) is 4.79 Å². The molecule has 0 bridgehead atoms. The van der Waals surface area contributed by atoms with Crippen LogP contribution in [0.1, 0.15) is 24.8 Å². The van der Waals surface area contributed by atoms with Gasteiger partial charge in [0.2, 0.25) is 5.91 Å². The van der Waals surface area contributed by atoms with E-state index < -0.39 is 0 Å². The lowest BCUT2D eigenvalue weighted by molar-refractivity contribution is -0.118. The number of benzene rings is 1. The SMILES string of the molecule is Cc1ccc(Br)cc1NC(=O)C1CC12CCNCC2.Cl. The van der Waals surface area contributed by atoms with Gasteiger partial charge < -0.3 is 10.6 Å². The summed E-state index contributed by atoms with van der Waals surface area (Å²) in [5.74, 6) is 0.413. The van der Waals surface area contributed by atoms with Gasteiger partial charge in [0.1, 0.15) is 0 Å². The van der Waals surface area contributed by atoms with E-state index in [0.29, 0.717) is 5.41 Å². The van der Waals surface area contributed by atoms with Crippen LogP contribution in [0.2, 0.25) is 0 Å². The van der Waals surface area contributed by atoms with Crippen LogP contribution in [0, 0.1) is 18.3 Å². The van der Waals surface area contributed by atoms with E-state index in [4.69, 9.17) is 0 Å². The van der Waals surface area contributed by atoms with Crippen molar-refractivity contribution in [3.63, 3.8) is 0 Å². The smallest absolute Gasteiger partial charge is 0.228 e. The molecule has 2 aliphatic rings. The third kappa shape index (κ3) is 3.02. The lowest BCUT2D eigenvalue weighted by atomic mass is 9.91. The van der Waals surface area contributed by atoms with Crippen LogP contribution in [0.25, 0.3) is 0 Å². The highest BCUT2D eigenvalue weighted by atomic mass is 79.9. The first-order chi connectivity index (χ1) is 9.11. The molecular formula is C15H20BrClN2O. The fourth-order valence-corrected chi connectivity index (χ4v) is 3.51. The summed E-state index contributed by atoms with van der Waals surface area (Å²) in [7, 11) is 0. The van der Waals surface area contributed by atoms with Gasteiger partial charge in [0, 0.05) is 16.1 Å². The number of piperidine rings is 1. The van der Waals surface area contributed by atoms with E-state index in [1.807, 2.05) is 25.1 Å². The number of carbonyl (C=O) groups is 1. The van der Waals surface area contributed by atoms with Crippen molar-refractivity contribution in [2.75, 3.05) is 18.4 Å². The molecule has 2 fully saturated rings. The monoisotopic (exact) mass is 358 g/mol. The Morgan fingerprint density at radius 2 is 2.10 bits per heavy atom. The molecule has 20 heavy (non-hydrogen) atoms. The minimum absolute atomic E-state index is 0. The van der Waals surface area contributed by atoms with Crippen molar-refractivity contribution < 1.29 is 4.79 Å². The standard InChI is InChI=1S/C15H19BrN2O.ClH/c1-10-2-3-11(16)8-13(10)18-14(19)12-9-15(12)4-6-17-7-5-15;/h2-3,8,12,17H,4-7,9H2,1H3,(H,18,19);1H. The van der Waals surface area contributed by atoms with Gasteiger partial charge in [-0.05, 0) is 62.4 Å². The predicted molar refractivity (Wildman–Crippen MR) is 87.4 cm³/mol. The van der Waals surface area contributed by atoms with Gasteiger partial charge in [0.25, 0.3) is 0 Å². The second-order valence-corrected chi connectivity index (χ2v) is 6.73. The molecule has 1 saturated heterocycles. The second kappa shape index (κ2) is 6.04. The minimum Gasteiger partial charge on any atom is -0.326 e. The first-order valence-electron chi connectivity index (χ1n) is 6.88. The van der Waals surface area contributed by atoms with E-state index in [1.54, 1.807) is 0 Å². The number of anilines is 1. The molecule has 1 aromatic carbocycles. The number of halogens is 2. The molecule has 1 amide bonds. The third-order valence-corrected chi connectivity index (χ3v) is 5.06. The molecule has 1 aromatic rings. The number of hydrogen-bond acceptors (Lipinski definition) is 2. The summed E-state index contributed by atoms with van der Waals surface area (Å²) in [6, 6.07) is 5.99. The largest absolute Gasteiger partial charge is 0.326 e. The molecule has 0 aromatic heterocycles. The van der Waals surface area contributed by atoms with Gasteiger partial charge in [-0.2, -0.15) is 0 Å². The summed E-state index contributed by atoms with van der Waals surface area (Å²) in [6.45, 7) is 4.13. The number of nitrogens with one attached hydrogen (secondary N) is 2. The van der Waals surface area contributed by atoms with Crippen LogP contribution in [0.3, 0.4) is 0 Å². The van der Waals surface area contributed by atoms with Crippen molar-refractivity contribution in [1.82, 2.24) is 5.32 Å². The molecule has 1 aliphatic carbocycles. The summed E-state index contributed by atoms with van der Waals surface area (Å²) >= 11 is 3.45. The molecular weight excluding hydrogens is 340 g/mol. The van der Waals surface area contributed by atoms with Crippen molar-refractivity contribution >= 4 is 39.9 Å². The van der Waals surface area contributed by atoms with Crippen molar-refractivity contribution in [2.24, 2.45) is 11.3 Å². The highest BCUT2D eigenvalue weighted by Gasteiger charge is 2.57.